The number of hydrogen-bond donors (Lipinski definition) is 0. The van der Waals surface area contributed by atoms with Gasteiger partial charge in [0.25, 0.3) is 0 Å². The molecule has 1 saturated heterocycles. The number of carbonyl (C=O) groups excluding carboxylic acids is 1. The van der Waals surface area contributed by atoms with Crippen molar-refractivity contribution in [2.45, 2.75) is 19.9 Å². The van der Waals surface area contributed by atoms with Crippen LogP contribution in [0.15, 0.2) is 42.5 Å². The zero-order valence-corrected chi connectivity index (χ0v) is 13.8. The van der Waals surface area contributed by atoms with Crippen LogP contribution in [0.4, 0.5) is 5.82 Å². The van der Waals surface area contributed by atoms with Crippen LogP contribution in [0, 0.1) is 5.92 Å². The lowest BCUT2D eigenvalue weighted by atomic mass is 10.1. The number of hydrogen-bond acceptors (Lipinski definition) is 4. The molecule has 1 aliphatic heterocycles. The van der Waals surface area contributed by atoms with Crippen molar-refractivity contribution in [3.05, 3.63) is 42.5 Å². The van der Waals surface area contributed by atoms with Gasteiger partial charge in [0.05, 0.1) is 11.7 Å². The van der Waals surface area contributed by atoms with Crippen molar-refractivity contribution >= 4 is 11.7 Å². The summed E-state index contributed by atoms with van der Waals surface area (Å²) in [6, 6.07) is 14.3. The molecular weight excluding hydrogens is 288 g/mol. The summed E-state index contributed by atoms with van der Waals surface area (Å²) in [4.78, 5) is 16.0. The van der Waals surface area contributed by atoms with Crippen molar-refractivity contribution < 1.29 is 4.79 Å². The van der Waals surface area contributed by atoms with Crippen molar-refractivity contribution in [2.24, 2.45) is 5.92 Å². The van der Waals surface area contributed by atoms with Crippen LogP contribution in [-0.4, -0.2) is 47.2 Å². The fourth-order valence-corrected chi connectivity index (χ4v) is 2.73. The zero-order valence-electron chi connectivity index (χ0n) is 13.8. The average molecular weight is 310 g/mol. The lowest BCUT2D eigenvalue weighted by Gasteiger charge is -2.44. The molecule has 5 nitrogen and oxygen atoms in total. The number of amides is 1. The average Bonchev–Trinajstić information content (AvgIpc) is 2.54. The molecule has 5 heteroatoms. The highest BCUT2D eigenvalue weighted by Gasteiger charge is 2.33. The highest BCUT2D eigenvalue weighted by Crippen LogP contribution is 2.23. The van der Waals surface area contributed by atoms with E-state index in [4.69, 9.17) is 0 Å². The normalized spacial score (nSPS) is 14.7. The highest BCUT2D eigenvalue weighted by molar-refractivity contribution is 5.78. The minimum atomic E-state index is 0.0407. The number of carbonyl (C=O) groups is 1. The van der Waals surface area contributed by atoms with Crippen LogP contribution in [0.1, 0.15) is 13.8 Å². The van der Waals surface area contributed by atoms with Gasteiger partial charge in [-0.25, -0.2) is 0 Å². The third kappa shape index (κ3) is 3.18. The fourth-order valence-electron chi connectivity index (χ4n) is 2.73. The summed E-state index contributed by atoms with van der Waals surface area (Å²) in [5.74, 6) is 1.10. The molecule has 1 aromatic carbocycles. The van der Waals surface area contributed by atoms with Crippen molar-refractivity contribution in [1.82, 2.24) is 15.1 Å². The van der Waals surface area contributed by atoms with Gasteiger partial charge in [0, 0.05) is 31.6 Å². The number of benzene rings is 1. The van der Waals surface area contributed by atoms with Gasteiger partial charge >= 0.3 is 0 Å². The van der Waals surface area contributed by atoms with Crippen LogP contribution >= 0.6 is 0 Å². The fraction of sp³-hybridized carbons (Fsp3) is 0.389. The second-order valence-electron chi connectivity index (χ2n) is 6.31. The standard InChI is InChI=1S/C18H22N4O/c1-13(2)18(23)21(3)15-11-22(12-15)17-10-9-16(19-20-17)14-7-5-4-6-8-14/h4-10,13,15H,11-12H2,1-3H3. The molecule has 1 fully saturated rings. The Kier molecular flexibility index (Phi) is 4.28. The van der Waals surface area contributed by atoms with Crippen LogP contribution in [0.5, 0.6) is 0 Å². The first kappa shape index (κ1) is 15.5. The molecule has 23 heavy (non-hydrogen) atoms. The molecule has 0 spiro atoms. The Hall–Kier alpha value is -2.43. The zero-order chi connectivity index (χ0) is 16.4. The molecule has 120 valence electrons. The van der Waals surface area contributed by atoms with Crippen LogP contribution in [0.3, 0.4) is 0 Å². The second-order valence-corrected chi connectivity index (χ2v) is 6.31. The summed E-state index contributed by atoms with van der Waals surface area (Å²) < 4.78 is 0. The van der Waals surface area contributed by atoms with Gasteiger partial charge in [-0.1, -0.05) is 44.2 Å². The maximum absolute atomic E-state index is 12.0. The SMILES string of the molecule is CC(C)C(=O)N(C)C1CN(c2ccc(-c3ccccc3)nn2)C1. The van der Waals surface area contributed by atoms with E-state index in [2.05, 4.69) is 15.1 Å². The third-order valence-electron chi connectivity index (χ3n) is 4.30. The first-order valence-corrected chi connectivity index (χ1v) is 7.97. The van der Waals surface area contributed by atoms with Crippen LogP contribution in [0.25, 0.3) is 11.3 Å². The predicted molar refractivity (Wildman–Crippen MR) is 91.1 cm³/mol. The number of aromatic nitrogens is 2. The van der Waals surface area contributed by atoms with Gasteiger partial charge in [-0.3, -0.25) is 4.79 Å². The monoisotopic (exact) mass is 310 g/mol. The van der Waals surface area contributed by atoms with E-state index >= 15 is 0 Å². The Bertz CT molecular complexity index is 663. The van der Waals surface area contributed by atoms with Crippen LogP contribution in [0.2, 0.25) is 0 Å². The van der Waals surface area contributed by atoms with E-state index in [0.29, 0.717) is 0 Å². The van der Waals surface area contributed by atoms with Gasteiger partial charge in [0.2, 0.25) is 5.91 Å². The van der Waals surface area contributed by atoms with Gasteiger partial charge in [-0.15, -0.1) is 10.2 Å². The number of nitrogens with zero attached hydrogens (tertiary/aromatic N) is 4. The molecule has 1 aliphatic rings. The van der Waals surface area contributed by atoms with Crippen molar-refractivity contribution in [3.63, 3.8) is 0 Å². The summed E-state index contributed by atoms with van der Waals surface area (Å²) in [5, 5.41) is 8.64. The molecule has 0 saturated carbocycles. The number of rotatable bonds is 4. The molecule has 0 unspecified atom stereocenters. The smallest absolute Gasteiger partial charge is 0.225 e. The summed E-state index contributed by atoms with van der Waals surface area (Å²) in [7, 11) is 1.88. The Balaban J connectivity index is 1.61. The highest BCUT2D eigenvalue weighted by atomic mass is 16.2. The minimum absolute atomic E-state index is 0.0407. The Morgan fingerprint density at radius 2 is 1.83 bits per heavy atom. The molecule has 2 aromatic rings. The van der Waals surface area contributed by atoms with E-state index in [1.165, 1.54) is 0 Å². The topological polar surface area (TPSA) is 49.3 Å². The lowest BCUT2D eigenvalue weighted by molar-refractivity contribution is -0.135. The van der Waals surface area contributed by atoms with Gasteiger partial charge in [-0.05, 0) is 12.1 Å². The van der Waals surface area contributed by atoms with E-state index in [1.54, 1.807) is 0 Å². The first-order valence-electron chi connectivity index (χ1n) is 7.97. The molecular formula is C18H22N4O. The third-order valence-corrected chi connectivity index (χ3v) is 4.30. The van der Waals surface area contributed by atoms with Crippen LogP contribution in [-0.2, 0) is 4.79 Å². The van der Waals surface area contributed by atoms with E-state index in [9.17, 15) is 4.79 Å². The summed E-state index contributed by atoms with van der Waals surface area (Å²) in [5.41, 5.74) is 1.94. The van der Waals surface area contributed by atoms with Gasteiger partial charge in [-0.2, -0.15) is 0 Å². The van der Waals surface area contributed by atoms with E-state index < -0.39 is 0 Å². The van der Waals surface area contributed by atoms with Crippen molar-refractivity contribution in [1.29, 1.82) is 0 Å². The maximum atomic E-state index is 12.0. The minimum Gasteiger partial charge on any atom is -0.351 e. The van der Waals surface area contributed by atoms with Gasteiger partial charge < -0.3 is 9.80 Å². The van der Waals surface area contributed by atoms with E-state index in [0.717, 1.165) is 30.2 Å². The molecule has 0 aliphatic carbocycles. The lowest BCUT2D eigenvalue weighted by Crippen LogP contribution is -2.60. The van der Waals surface area contributed by atoms with Gasteiger partial charge in [0.15, 0.2) is 5.82 Å². The summed E-state index contributed by atoms with van der Waals surface area (Å²) in [6.07, 6.45) is 0. The molecule has 0 radical (unpaired) electrons. The predicted octanol–water partition coefficient (Wildman–Crippen LogP) is 2.45. The van der Waals surface area contributed by atoms with Crippen LogP contribution < -0.4 is 4.90 Å². The summed E-state index contributed by atoms with van der Waals surface area (Å²) in [6.45, 7) is 5.49. The molecule has 1 aromatic heterocycles. The molecule has 3 rings (SSSR count). The quantitative estimate of drug-likeness (QED) is 0.870. The molecule has 2 heterocycles. The molecule has 0 atom stereocenters. The Labute approximate surface area is 136 Å². The Morgan fingerprint density at radius 1 is 1.13 bits per heavy atom. The second kappa shape index (κ2) is 6.36. The number of anilines is 1. The molecule has 0 N–H and O–H groups in total. The van der Waals surface area contributed by atoms with Gasteiger partial charge in [0.1, 0.15) is 0 Å². The van der Waals surface area contributed by atoms with E-state index in [-0.39, 0.29) is 17.9 Å². The Morgan fingerprint density at radius 3 is 2.39 bits per heavy atom. The maximum Gasteiger partial charge on any atom is 0.225 e. The van der Waals surface area contributed by atoms with Crippen molar-refractivity contribution in [2.75, 3.05) is 25.0 Å². The summed E-state index contributed by atoms with van der Waals surface area (Å²) >= 11 is 0. The first-order chi connectivity index (χ1) is 11.1. The largest absolute Gasteiger partial charge is 0.351 e. The molecule has 0 bridgehead atoms. The number of likely N-dealkylation sites (N-methyl/N-ethyl adjacent to an activating group) is 1. The molecule has 1 amide bonds. The van der Waals surface area contributed by atoms with Crippen molar-refractivity contribution in [3.8, 4) is 11.3 Å². The van der Waals surface area contributed by atoms with E-state index in [1.807, 2.05) is 68.3 Å².